The fraction of sp³-hybridized carbons (Fsp3) is 0.0769. The van der Waals surface area contributed by atoms with Crippen LogP contribution >= 0.6 is 11.8 Å². The number of aryl methyl sites for hydroxylation is 1. The summed E-state index contributed by atoms with van der Waals surface area (Å²) < 4.78 is 13.0. The van der Waals surface area contributed by atoms with Gasteiger partial charge >= 0.3 is 0 Å². The maximum atomic E-state index is 13.0. The van der Waals surface area contributed by atoms with Crippen LogP contribution in [0, 0.1) is 12.9 Å². The van der Waals surface area contributed by atoms with Gasteiger partial charge in [0.05, 0.1) is 11.0 Å². The van der Waals surface area contributed by atoms with Crippen molar-refractivity contribution in [1.29, 1.82) is 0 Å². The van der Waals surface area contributed by atoms with Crippen LogP contribution in [0.15, 0.2) is 46.6 Å². The van der Waals surface area contributed by atoms with Crippen LogP contribution in [0.5, 0.6) is 0 Å². The molecule has 0 saturated heterocycles. The van der Waals surface area contributed by atoms with Gasteiger partial charge in [-0.2, -0.15) is 4.39 Å². The number of rotatable bonds is 2. The molecule has 0 spiro atoms. The van der Waals surface area contributed by atoms with Crippen LogP contribution < -0.4 is 0 Å². The van der Waals surface area contributed by atoms with Crippen molar-refractivity contribution in [3.8, 4) is 0 Å². The molecule has 0 aliphatic carbocycles. The van der Waals surface area contributed by atoms with Gasteiger partial charge in [-0.05, 0) is 48.5 Å². The third-order valence-electron chi connectivity index (χ3n) is 2.51. The Kier molecular flexibility index (Phi) is 2.76. The molecular formula is C13H10FN3S. The Morgan fingerprint density at radius 2 is 2.06 bits per heavy atom. The minimum Gasteiger partial charge on any atom is -0.333 e. The third kappa shape index (κ3) is 2.22. The molecule has 3 aromatic rings. The summed E-state index contributed by atoms with van der Waals surface area (Å²) in [5, 5.41) is 1.31. The molecule has 90 valence electrons. The van der Waals surface area contributed by atoms with Crippen LogP contribution in [-0.4, -0.2) is 15.0 Å². The van der Waals surface area contributed by atoms with Crippen molar-refractivity contribution in [3.63, 3.8) is 0 Å². The largest absolute Gasteiger partial charge is 0.333 e. The number of hydrogen-bond acceptors (Lipinski definition) is 3. The van der Waals surface area contributed by atoms with Gasteiger partial charge in [0.1, 0.15) is 5.03 Å². The van der Waals surface area contributed by atoms with Crippen molar-refractivity contribution in [2.24, 2.45) is 0 Å². The smallest absolute Gasteiger partial charge is 0.213 e. The topological polar surface area (TPSA) is 41.6 Å². The molecule has 18 heavy (non-hydrogen) atoms. The summed E-state index contributed by atoms with van der Waals surface area (Å²) in [6, 6.07) is 10.7. The fourth-order valence-electron chi connectivity index (χ4n) is 1.69. The van der Waals surface area contributed by atoms with Crippen LogP contribution in [0.1, 0.15) is 5.56 Å². The number of H-pyrrole nitrogens is 1. The molecule has 0 unspecified atom stereocenters. The zero-order valence-corrected chi connectivity index (χ0v) is 10.5. The first-order chi connectivity index (χ1) is 8.70. The Hall–Kier alpha value is -1.88. The molecule has 1 aromatic carbocycles. The zero-order valence-electron chi connectivity index (χ0n) is 9.64. The van der Waals surface area contributed by atoms with Crippen molar-refractivity contribution in [1.82, 2.24) is 15.0 Å². The second-order valence-electron chi connectivity index (χ2n) is 3.96. The highest BCUT2D eigenvalue weighted by molar-refractivity contribution is 7.99. The van der Waals surface area contributed by atoms with Gasteiger partial charge in [-0.15, -0.1) is 0 Å². The minimum absolute atomic E-state index is 0.480. The summed E-state index contributed by atoms with van der Waals surface area (Å²) >= 11 is 1.32. The van der Waals surface area contributed by atoms with Crippen LogP contribution in [0.4, 0.5) is 4.39 Å². The van der Waals surface area contributed by atoms with E-state index < -0.39 is 5.95 Å². The Morgan fingerprint density at radius 1 is 1.17 bits per heavy atom. The lowest BCUT2D eigenvalue weighted by Crippen LogP contribution is -1.84. The van der Waals surface area contributed by atoms with E-state index in [2.05, 4.69) is 15.0 Å². The van der Waals surface area contributed by atoms with E-state index in [9.17, 15) is 4.39 Å². The van der Waals surface area contributed by atoms with Gasteiger partial charge in [-0.25, -0.2) is 9.97 Å². The van der Waals surface area contributed by atoms with E-state index in [0.717, 1.165) is 11.0 Å². The quantitative estimate of drug-likeness (QED) is 0.715. The molecule has 3 rings (SSSR count). The van der Waals surface area contributed by atoms with E-state index in [1.165, 1.54) is 23.4 Å². The summed E-state index contributed by atoms with van der Waals surface area (Å²) in [4.78, 5) is 11.4. The van der Waals surface area contributed by atoms with E-state index in [-0.39, 0.29) is 0 Å². The predicted octanol–water partition coefficient (Wildman–Crippen LogP) is 3.56. The molecule has 0 aliphatic rings. The van der Waals surface area contributed by atoms with Crippen LogP contribution in [0.3, 0.4) is 0 Å². The lowest BCUT2D eigenvalue weighted by atomic mass is 10.2. The van der Waals surface area contributed by atoms with Gasteiger partial charge in [-0.3, -0.25) is 0 Å². The van der Waals surface area contributed by atoms with E-state index in [1.54, 1.807) is 12.1 Å². The molecule has 3 nitrogen and oxygen atoms in total. The second-order valence-corrected chi connectivity index (χ2v) is 4.97. The molecule has 0 saturated carbocycles. The Bertz CT molecular complexity index is 708. The molecular weight excluding hydrogens is 249 g/mol. The van der Waals surface area contributed by atoms with E-state index in [4.69, 9.17) is 0 Å². The Morgan fingerprint density at radius 3 is 2.89 bits per heavy atom. The van der Waals surface area contributed by atoms with Gasteiger partial charge in [0.15, 0.2) is 5.16 Å². The number of pyridine rings is 1. The number of aromatic amines is 1. The highest BCUT2D eigenvalue weighted by Crippen LogP contribution is 2.25. The fourth-order valence-corrected chi connectivity index (χ4v) is 2.48. The third-order valence-corrected chi connectivity index (χ3v) is 3.33. The summed E-state index contributed by atoms with van der Waals surface area (Å²) in [5.41, 5.74) is 3.06. The van der Waals surface area contributed by atoms with E-state index in [1.807, 2.05) is 25.1 Å². The molecule has 5 heteroatoms. The van der Waals surface area contributed by atoms with Crippen LogP contribution in [0.2, 0.25) is 0 Å². The predicted molar refractivity (Wildman–Crippen MR) is 69.1 cm³/mol. The second kappa shape index (κ2) is 4.42. The van der Waals surface area contributed by atoms with Crippen molar-refractivity contribution >= 4 is 22.8 Å². The number of benzene rings is 1. The molecule has 0 atom stereocenters. The summed E-state index contributed by atoms with van der Waals surface area (Å²) in [7, 11) is 0. The standard InChI is InChI=1S/C13H10FN3S/c1-8-5-6-9-10(7-8)16-13(15-9)18-12-4-2-3-11(14)17-12/h2-7H,1H3,(H,15,16). The molecule has 2 aromatic heterocycles. The first-order valence-corrected chi connectivity index (χ1v) is 6.29. The van der Waals surface area contributed by atoms with Crippen molar-refractivity contribution in [3.05, 3.63) is 47.9 Å². The van der Waals surface area contributed by atoms with Gasteiger partial charge in [0.2, 0.25) is 5.95 Å². The highest BCUT2D eigenvalue weighted by Gasteiger charge is 2.06. The molecule has 1 N–H and O–H groups in total. The molecule has 2 heterocycles. The number of hydrogen-bond donors (Lipinski definition) is 1. The highest BCUT2D eigenvalue weighted by atomic mass is 32.2. The maximum absolute atomic E-state index is 13.0. The maximum Gasteiger partial charge on any atom is 0.213 e. The van der Waals surface area contributed by atoms with Crippen molar-refractivity contribution in [2.45, 2.75) is 17.1 Å². The number of imidazole rings is 1. The van der Waals surface area contributed by atoms with Gasteiger partial charge < -0.3 is 4.98 Å². The number of aromatic nitrogens is 3. The lowest BCUT2D eigenvalue weighted by Gasteiger charge is -1.95. The van der Waals surface area contributed by atoms with Gasteiger partial charge in [0, 0.05) is 0 Å². The summed E-state index contributed by atoms with van der Waals surface area (Å²) in [6.45, 7) is 2.03. The summed E-state index contributed by atoms with van der Waals surface area (Å²) in [5.74, 6) is -0.480. The average molecular weight is 259 g/mol. The minimum atomic E-state index is -0.480. The van der Waals surface area contributed by atoms with E-state index >= 15 is 0 Å². The molecule has 0 radical (unpaired) electrons. The molecule has 0 amide bonds. The van der Waals surface area contributed by atoms with Crippen molar-refractivity contribution in [2.75, 3.05) is 0 Å². The van der Waals surface area contributed by atoms with Crippen molar-refractivity contribution < 1.29 is 4.39 Å². The average Bonchev–Trinajstić information content (AvgIpc) is 2.70. The summed E-state index contributed by atoms with van der Waals surface area (Å²) in [6.07, 6.45) is 0. The first kappa shape index (κ1) is 11.2. The molecule has 0 fully saturated rings. The van der Waals surface area contributed by atoms with Crippen LogP contribution in [-0.2, 0) is 0 Å². The first-order valence-electron chi connectivity index (χ1n) is 5.47. The SMILES string of the molecule is Cc1ccc2nc(Sc3cccc(F)n3)[nH]c2c1. The number of nitrogens with zero attached hydrogens (tertiary/aromatic N) is 2. The zero-order chi connectivity index (χ0) is 12.5. The van der Waals surface area contributed by atoms with Gasteiger partial charge in [-0.1, -0.05) is 12.1 Å². The van der Waals surface area contributed by atoms with E-state index in [0.29, 0.717) is 10.2 Å². The van der Waals surface area contributed by atoms with Gasteiger partial charge in [0.25, 0.3) is 0 Å². The monoisotopic (exact) mass is 259 g/mol. The number of fused-ring (bicyclic) bond motifs is 1. The van der Waals surface area contributed by atoms with Crippen LogP contribution in [0.25, 0.3) is 11.0 Å². The normalized spacial score (nSPS) is 11.0. The number of halogens is 1. The Labute approximate surface area is 107 Å². The molecule has 0 bridgehead atoms. The molecule has 0 aliphatic heterocycles. The number of nitrogens with one attached hydrogen (secondary N) is 1. The Balaban J connectivity index is 1.95. The lowest BCUT2D eigenvalue weighted by molar-refractivity contribution is 0.572.